The summed E-state index contributed by atoms with van der Waals surface area (Å²) in [5, 5.41) is 21.8. The zero-order valence-corrected chi connectivity index (χ0v) is 20.8. The van der Waals surface area contributed by atoms with Gasteiger partial charge < -0.3 is 20.2 Å². The number of carbonyl (C=O) groups is 1. The minimum atomic E-state index is -4.74. The number of pyridine rings is 1. The third-order valence-corrected chi connectivity index (χ3v) is 6.92. The fraction of sp³-hybridized carbons (Fsp3) is 0.458. The van der Waals surface area contributed by atoms with Crippen LogP contribution in [0.1, 0.15) is 30.0 Å². The van der Waals surface area contributed by atoms with E-state index < -0.39 is 29.2 Å². The quantitative estimate of drug-likeness (QED) is 0.491. The number of benzene rings is 1. The number of nitrogens with one attached hydrogen (secondary N) is 1. The van der Waals surface area contributed by atoms with E-state index in [9.17, 15) is 28.3 Å². The van der Waals surface area contributed by atoms with Crippen LogP contribution in [0.2, 0.25) is 0 Å². The number of hydrogen-bond donors (Lipinski definition) is 2. The van der Waals surface area contributed by atoms with E-state index in [0.717, 1.165) is 17.4 Å². The molecule has 0 amide bonds. The molecule has 0 saturated carbocycles. The summed E-state index contributed by atoms with van der Waals surface area (Å²) in [6.45, 7) is 2.67. The Morgan fingerprint density at radius 2 is 2.11 bits per heavy atom. The molecule has 7 nitrogen and oxygen atoms in total. The highest BCUT2D eigenvalue weighted by molar-refractivity contribution is 7.98. The lowest BCUT2D eigenvalue weighted by Crippen LogP contribution is -2.32. The van der Waals surface area contributed by atoms with E-state index in [-0.39, 0.29) is 24.1 Å². The first-order valence-corrected chi connectivity index (χ1v) is 12.3. The predicted molar refractivity (Wildman–Crippen MR) is 130 cm³/mol. The number of likely N-dealkylation sites (N-methyl/N-ethyl adjacent to an activating group) is 1. The molecule has 2 atom stereocenters. The van der Waals surface area contributed by atoms with Crippen LogP contribution in [-0.4, -0.2) is 60.4 Å². The van der Waals surface area contributed by atoms with Gasteiger partial charge in [-0.15, -0.1) is 11.8 Å². The molecule has 1 aromatic carbocycles. The summed E-state index contributed by atoms with van der Waals surface area (Å²) < 4.78 is 41.9. The zero-order chi connectivity index (χ0) is 25.9. The Labute approximate surface area is 206 Å². The van der Waals surface area contributed by atoms with Crippen LogP contribution in [0.5, 0.6) is 0 Å². The summed E-state index contributed by atoms with van der Waals surface area (Å²) in [5.74, 6) is -1.59. The Kier molecular flexibility index (Phi) is 8.18. The van der Waals surface area contributed by atoms with Crippen molar-refractivity contribution in [1.82, 2.24) is 9.88 Å². The lowest BCUT2D eigenvalue weighted by atomic mass is 10.0. The topological polar surface area (TPSA) is 92.5 Å². The number of carboxylic acids is 1. The first-order valence-electron chi connectivity index (χ1n) is 11.0. The fourth-order valence-corrected chi connectivity index (χ4v) is 4.57. The molecule has 3 rings (SSSR count). The second-order valence-electron chi connectivity index (χ2n) is 8.82. The maximum absolute atomic E-state index is 14.0. The normalized spacial score (nSPS) is 16.9. The molecule has 2 N–H and O–H groups in total. The third kappa shape index (κ3) is 6.18. The second-order valence-corrected chi connectivity index (χ2v) is 9.66. The molecule has 1 aliphatic heterocycles. The van der Waals surface area contributed by atoms with Gasteiger partial charge in [0, 0.05) is 24.0 Å². The average Bonchev–Trinajstić information content (AvgIpc) is 3.29. The Morgan fingerprint density at radius 1 is 1.40 bits per heavy atom. The molecule has 0 aliphatic carbocycles. The molecule has 0 bridgehead atoms. The number of alkyl halides is 3. The number of hydrogen-bond acceptors (Lipinski definition) is 7. The first kappa shape index (κ1) is 26.6. The number of aromatic nitrogens is 1. The van der Waals surface area contributed by atoms with Crippen molar-refractivity contribution in [3.05, 3.63) is 41.0 Å². The number of halogens is 3. The van der Waals surface area contributed by atoms with Crippen molar-refractivity contribution in [2.45, 2.75) is 36.9 Å². The van der Waals surface area contributed by atoms with Crippen molar-refractivity contribution in [1.29, 1.82) is 5.26 Å². The molecule has 2 heterocycles. The van der Waals surface area contributed by atoms with Crippen molar-refractivity contribution >= 4 is 35.1 Å². The van der Waals surface area contributed by atoms with Gasteiger partial charge in [0.05, 0.1) is 17.2 Å². The third-order valence-electron chi connectivity index (χ3n) is 6.12. The molecule has 35 heavy (non-hydrogen) atoms. The lowest BCUT2D eigenvalue weighted by Gasteiger charge is -2.23. The van der Waals surface area contributed by atoms with Crippen LogP contribution in [0.15, 0.2) is 29.2 Å². The van der Waals surface area contributed by atoms with E-state index in [1.54, 1.807) is 36.1 Å². The van der Waals surface area contributed by atoms with Gasteiger partial charge >= 0.3 is 12.1 Å². The molecule has 11 heteroatoms. The van der Waals surface area contributed by atoms with Gasteiger partial charge in [0.15, 0.2) is 5.82 Å². The maximum atomic E-state index is 14.0. The molecule has 1 fully saturated rings. The number of rotatable bonds is 8. The van der Waals surface area contributed by atoms with Crippen molar-refractivity contribution in [2.24, 2.45) is 5.92 Å². The van der Waals surface area contributed by atoms with Crippen LogP contribution < -0.4 is 10.2 Å². The van der Waals surface area contributed by atoms with Gasteiger partial charge in [0.2, 0.25) is 0 Å². The number of thioether (sulfide) groups is 1. The van der Waals surface area contributed by atoms with Gasteiger partial charge in [0.25, 0.3) is 0 Å². The zero-order valence-electron chi connectivity index (χ0n) is 20.0. The highest BCUT2D eigenvalue weighted by Crippen LogP contribution is 2.39. The summed E-state index contributed by atoms with van der Waals surface area (Å²) >= 11 is 1.38. The van der Waals surface area contributed by atoms with Crippen LogP contribution >= 0.6 is 11.8 Å². The van der Waals surface area contributed by atoms with Crippen molar-refractivity contribution < 1.29 is 23.1 Å². The molecule has 0 unspecified atom stereocenters. The smallest absolute Gasteiger partial charge is 0.417 e. The van der Waals surface area contributed by atoms with Crippen LogP contribution in [0, 0.1) is 17.2 Å². The highest BCUT2D eigenvalue weighted by atomic mass is 32.2. The monoisotopic (exact) mass is 507 g/mol. The molecule has 1 aliphatic rings. The van der Waals surface area contributed by atoms with Crippen molar-refractivity contribution in [3.63, 3.8) is 0 Å². The Morgan fingerprint density at radius 3 is 2.66 bits per heavy atom. The Balaban J connectivity index is 2.07. The van der Waals surface area contributed by atoms with Crippen LogP contribution in [0.4, 0.5) is 30.5 Å². The maximum Gasteiger partial charge on any atom is 0.417 e. The van der Waals surface area contributed by atoms with Gasteiger partial charge in [-0.05, 0) is 57.0 Å². The average molecular weight is 508 g/mol. The first-order chi connectivity index (χ1) is 16.4. The van der Waals surface area contributed by atoms with Crippen molar-refractivity contribution in [3.8, 4) is 6.07 Å². The van der Waals surface area contributed by atoms with Gasteiger partial charge in [-0.2, -0.15) is 18.4 Å². The van der Waals surface area contributed by atoms with E-state index >= 15 is 0 Å². The standard InChI is InChI=1S/C24H28F3N5O2S/c1-14(23(33)34)9-15-5-6-20(35-4)19(10-15)29-22-17(12-28)18(24(25,26)27)11-21(30-22)32-8-7-16(13-32)31(2)3/h5-6,10-11,14,16H,7-9,13H2,1-4H3,(H,29,30)(H,33,34)/t14-,16+/m1/s1. The number of nitriles is 1. The van der Waals surface area contributed by atoms with E-state index in [4.69, 9.17) is 0 Å². The Hall–Kier alpha value is -2.97. The molecule has 0 radical (unpaired) electrons. The molecule has 0 spiro atoms. The largest absolute Gasteiger partial charge is 0.481 e. The fourth-order valence-electron chi connectivity index (χ4n) is 4.04. The highest BCUT2D eigenvalue weighted by Gasteiger charge is 2.37. The number of anilines is 3. The van der Waals surface area contributed by atoms with E-state index in [2.05, 4.69) is 10.3 Å². The van der Waals surface area contributed by atoms with E-state index in [1.165, 1.54) is 11.8 Å². The van der Waals surface area contributed by atoms with Crippen LogP contribution in [0.25, 0.3) is 0 Å². The second kappa shape index (κ2) is 10.7. The molecule has 188 valence electrons. The number of carboxylic acid groups (broad SMARTS) is 1. The van der Waals surface area contributed by atoms with Gasteiger partial charge in [-0.3, -0.25) is 4.79 Å². The SMILES string of the molecule is CSc1ccc(C[C@@H](C)C(=O)O)cc1Nc1nc(N2CC[C@H](N(C)C)C2)cc(C(F)(F)F)c1C#N. The predicted octanol–water partition coefficient (Wildman–Crippen LogP) is 4.84. The minimum absolute atomic E-state index is 0.157. The molecule has 1 aromatic heterocycles. The molecule has 1 saturated heterocycles. The summed E-state index contributed by atoms with van der Waals surface area (Å²) in [7, 11) is 3.85. The summed E-state index contributed by atoms with van der Waals surface area (Å²) in [4.78, 5) is 20.3. The van der Waals surface area contributed by atoms with Crippen LogP contribution in [0.3, 0.4) is 0 Å². The molecule has 2 aromatic rings. The summed E-state index contributed by atoms with van der Waals surface area (Å²) in [6, 6.07) is 8.08. The molecular weight excluding hydrogens is 479 g/mol. The molecular formula is C24H28F3N5O2S. The van der Waals surface area contributed by atoms with E-state index in [1.807, 2.05) is 25.3 Å². The number of nitrogens with zero attached hydrogens (tertiary/aromatic N) is 4. The summed E-state index contributed by atoms with van der Waals surface area (Å²) in [6.07, 6.45) is -1.87. The van der Waals surface area contributed by atoms with Crippen LogP contribution in [-0.2, 0) is 17.4 Å². The minimum Gasteiger partial charge on any atom is -0.481 e. The van der Waals surface area contributed by atoms with Crippen molar-refractivity contribution in [2.75, 3.05) is 43.7 Å². The van der Waals surface area contributed by atoms with Gasteiger partial charge in [-0.25, -0.2) is 4.98 Å². The van der Waals surface area contributed by atoms with Gasteiger partial charge in [-0.1, -0.05) is 13.0 Å². The summed E-state index contributed by atoms with van der Waals surface area (Å²) in [5.41, 5.74) is -0.447. The van der Waals surface area contributed by atoms with Gasteiger partial charge in [0.1, 0.15) is 17.5 Å². The Bertz CT molecular complexity index is 1130. The number of aliphatic carboxylic acids is 1. The van der Waals surface area contributed by atoms with E-state index in [0.29, 0.717) is 24.3 Å². The lowest BCUT2D eigenvalue weighted by molar-refractivity contribution is -0.141.